The third-order valence-electron chi connectivity index (χ3n) is 3.04. The lowest BCUT2D eigenvalue weighted by atomic mass is 10.0. The molecule has 1 aromatic heterocycles. The summed E-state index contributed by atoms with van der Waals surface area (Å²) in [7, 11) is 2.20. The van der Waals surface area contributed by atoms with Crippen molar-refractivity contribution in [2.75, 3.05) is 20.1 Å². The van der Waals surface area contributed by atoms with Gasteiger partial charge in [0.1, 0.15) is 0 Å². The second-order valence-electron chi connectivity index (χ2n) is 4.69. The Balaban J connectivity index is 1.77. The molecule has 0 aromatic carbocycles. The van der Waals surface area contributed by atoms with E-state index in [1.54, 1.807) is 11.3 Å². The maximum atomic E-state index is 4.29. The van der Waals surface area contributed by atoms with Gasteiger partial charge < -0.3 is 5.32 Å². The summed E-state index contributed by atoms with van der Waals surface area (Å²) in [5.74, 6) is 0. The van der Waals surface area contributed by atoms with E-state index in [1.807, 2.05) is 6.20 Å². The lowest BCUT2D eigenvalue weighted by Crippen LogP contribution is -2.42. The third-order valence-corrected chi connectivity index (χ3v) is 3.94. The minimum Gasteiger partial charge on any atom is -0.313 e. The Labute approximate surface area is 102 Å². The van der Waals surface area contributed by atoms with E-state index in [2.05, 4.69) is 29.2 Å². The third kappa shape index (κ3) is 3.54. The molecule has 1 atom stereocenters. The molecule has 1 fully saturated rings. The van der Waals surface area contributed by atoms with E-state index in [4.69, 9.17) is 0 Å². The van der Waals surface area contributed by atoms with Crippen molar-refractivity contribution in [3.05, 3.63) is 16.1 Å². The smallest absolute Gasteiger partial charge is 0.0897 e. The molecule has 4 heteroatoms. The molecule has 1 aliphatic rings. The molecule has 1 N–H and O–H groups in total. The zero-order chi connectivity index (χ0) is 11.4. The van der Waals surface area contributed by atoms with E-state index in [9.17, 15) is 0 Å². The van der Waals surface area contributed by atoms with Crippen LogP contribution in [0.1, 0.15) is 29.1 Å². The molecule has 0 aliphatic carbocycles. The van der Waals surface area contributed by atoms with E-state index >= 15 is 0 Å². The van der Waals surface area contributed by atoms with Crippen molar-refractivity contribution in [1.82, 2.24) is 15.2 Å². The largest absolute Gasteiger partial charge is 0.313 e. The fourth-order valence-electron chi connectivity index (χ4n) is 2.27. The van der Waals surface area contributed by atoms with Gasteiger partial charge in [0.25, 0.3) is 0 Å². The average Bonchev–Trinajstić information content (AvgIpc) is 2.65. The summed E-state index contributed by atoms with van der Waals surface area (Å²) in [6.45, 7) is 5.44. The van der Waals surface area contributed by atoms with Gasteiger partial charge in [-0.15, -0.1) is 11.3 Å². The number of hydrogen-bond acceptors (Lipinski definition) is 4. The number of rotatable bonds is 4. The lowest BCUT2D eigenvalue weighted by molar-refractivity contribution is 0.258. The van der Waals surface area contributed by atoms with Crippen LogP contribution in [-0.2, 0) is 6.54 Å². The monoisotopic (exact) mass is 239 g/mol. The number of aromatic nitrogens is 1. The number of nitrogens with zero attached hydrogens (tertiary/aromatic N) is 2. The van der Waals surface area contributed by atoms with Crippen molar-refractivity contribution in [2.45, 2.75) is 38.8 Å². The average molecular weight is 239 g/mol. The van der Waals surface area contributed by atoms with Crippen LogP contribution >= 0.6 is 11.3 Å². The van der Waals surface area contributed by atoms with Crippen molar-refractivity contribution in [1.29, 1.82) is 0 Å². The van der Waals surface area contributed by atoms with Crippen LogP contribution in [0.5, 0.6) is 0 Å². The minimum atomic E-state index is 0.688. The van der Waals surface area contributed by atoms with Gasteiger partial charge in [0.2, 0.25) is 0 Å². The van der Waals surface area contributed by atoms with Gasteiger partial charge in [0, 0.05) is 30.2 Å². The first-order chi connectivity index (χ1) is 7.74. The van der Waals surface area contributed by atoms with E-state index in [-0.39, 0.29) is 0 Å². The summed E-state index contributed by atoms with van der Waals surface area (Å²) in [4.78, 5) is 8.06. The lowest BCUT2D eigenvalue weighted by Gasteiger charge is -2.27. The summed E-state index contributed by atoms with van der Waals surface area (Å²) in [5.41, 5.74) is 0. The number of piperidine rings is 1. The first-order valence-electron chi connectivity index (χ1n) is 6.07. The molecule has 1 unspecified atom stereocenters. The van der Waals surface area contributed by atoms with Gasteiger partial charge in [-0.25, -0.2) is 4.98 Å². The summed E-state index contributed by atoms with van der Waals surface area (Å²) in [5, 5.41) is 4.75. The standard InChI is InChI=1S/C12H21N3S/c1-10-14-7-12(16-10)9-15(2)8-11-5-3-4-6-13-11/h7,11,13H,3-6,8-9H2,1-2H3. The molecule has 0 spiro atoms. The van der Waals surface area contributed by atoms with E-state index in [0.717, 1.165) is 13.1 Å². The topological polar surface area (TPSA) is 28.2 Å². The van der Waals surface area contributed by atoms with Gasteiger partial charge in [0.15, 0.2) is 0 Å². The molecular weight excluding hydrogens is 218 g/mol. The maximum Gasteiger partial charge on any atom is 0.0897 e. The first-order valence-corrected chi connectivity index (χ1v) is 6.89. The minimum absolute atomic E-state index is 0.688. The van der Waals surface area contributed by atoms with Gasteiger partial charge in [-0.2, -0.15) is 0 Å². The summed E-state index contributed by atoms with van der Waals surface area (Å²) >= 11 is 1.80. The zero-order valence-corrected chi connectivity index (χ0v) is 11.0. The molecule has 2 heterocycles. The Morgan fingerprint density at radius 2 is 2.44 bits per heavy atom. The number of likely N-dealkylation sites (N-methyl/N-ethyl adjacent to an activating group) is 1. The van der Waals surface area contributed by atoms with Crippen LogP contribution in [0, 0.1) is 6.92 Å². The van der Waals surface area contributed by atoms with Gasteiger partial charge in [0.05, 0.1) is 5.01 Å². The highest BCUT2D eigenvalue weighted by Gasteiger charge is 2.14. The van der Waals surface area contributed by atoms with Crippen LogP contribution in [0.4, 0.5) is 0 Å². The highest BCUT2D eigenvalue weighted by molar-refractivity contribution is 7.11. The van der Waals surface area contributed by atoms with Crippen molar-refractivity contribution >= 4 is 11.3 Å². The van der Waals surface area contributed by atoms with Crippen LogP contribution in [-0.4, -0.2) is 36.1 Å². The predicted octanol–water partition coefficient (Wildman–Crippen LogP) is 2.03. The van der Waals surface area contributed by atoms with Gasteiger partial charge >= 0.3 is 0 Å². The molecule has 2 rings (SSSR count). The molecule has 1 aliphatic heterocycles. The molecule has 0 amide bonds. The number of hydrogen-bond donors (Lipinski definition) is 1. The SMILES string of the molecule is Cc1ncc(CN(C)CC2CCCCN2)s1. The number of aryl methyl sites for hydroxylation is 1. The molecule has 0 radical (unpaired) electrons. The second kappa shape index (κ2) is 5.75. The van der Waals surface area contributed by atoms with E-state index in [1.165, 1.54) is 35.7 Å². The summed E-state index contributed by atoms with van der Waals surface area (Å²) in [6.07, 6.45) is 6.05. The van der Waals surface area contributed by atoms with Crippen LogP contribution in [0.15, 0.2) is 6.20 Å². The highest BCUT2D eigenvalue weighted by atomic mass is 32.1. The Morgan fingerprint density at radius 3 is 3.06 bits per heavy atom. The maximum absolute atomic E-state index is 4.29. The normalized spacial score (nSPS) is 21.6. The van der Waals surface area contributed by atoms with Crippen molar-refractivity contribution in [3.8, 4) is 0 Å². The Hall–Kier alpha value is -0.450. The molecule has 3 nitrogen and oxygen atoms in total. The Morgan fingerprint density at radius 1 is 1.56 bits per heavy atom. The van der Waals surface area contributed by atoms with Crippen molar-refractivity contribution in [2.24, 2.45) is 0 Å². The molecule has 1 saturated heterocycles. The highest BCUT2D eigenvalue weighted by Crippen LogP contribution is 2.14. The quantitative estimate of drug-likeness (QED) is 0.871. The van der Waals surface area contributed by atoms with E-state index < -0.39 is 0 Å². The first kappa shape index (κ1) is 12.0. The van der Waals surface area contributed by atoms with Crippen LogP contribution < -0.4 is 5.32 Å². The molecule has 1 aromatic rings. The van der Waals surface area contributed by atoms with Crippen LogP contribution in [0.2, 0.25) is 0 Å². The second-order valence-corrected chi connectivity index (χ2v) is 6.01. The molecule has 0 saturated carbocycles. The van der Waals surface area contributed by atoms with Crippen LogP contribution in [0.3, 0.4) is 0 Å². The zero-order valence-electron chi connectivity index (χ0n) is 10.2. The number of nitrogens with one attached hydrogen (secondary N) is 1. The van der Waals surface area contributed by atoms with Crippen molar-refractivity contribution < 1.29 is 0 Å². The van der Waals surface area contributed by atoms with E-state index in [0.29, 0.717) is 6.04 Å². The fourth-order valence-corrected chi connectivity index (χ4v) is 3.14. The van der Waals surface area contributed by atoms with Gasteiger partial charge in [-0.3, -0.25) is 4.90 Å². The Bertz CT molecular complexity index is 318. The molecular formula is C12H21N3S. The van der Waals surface area contributed by atoms with Gasteiger partial charge in [-0.05, 0) is 33.4 Å². The van der Waals surface area contributed by atoms with Gasteiger partial charge in [-0.1, -0.05) is 6.42 Å². The fraction of sp³-hybridized carbons (Fsp3) is 0.750. The Kier molecular flexibility index (Phi) is 4.32. The summed E-state index contributed by atoms with van der Waals surface area (Å²) < 4.78 is 0. The molecule has 90 valence electrons. The number of thiazole rings is 1. The molecule has 0 bridgehead atoms. The van der Waals surface area contributed by atoms with Crippen LogP contribution in [0.25, 0.3) is 0 Å². The molecule has 16 heavy (non-hydrogen) atoms. The summed E-state index contributed by atoms with van der Waals surface area (Å²) in [6, 6.07) is 0.688. The predicted molar refractivity (Wildman–Crippen MR) is 68.8 cm³/mol. The van der Waals surface area contributed by atoms with Crippen molar-refractivity contribution in [3.63, 3.8) is 0 Å².